The fourth-order valence-electron chi connectivity index (χ4n) is 0. The van der Waals surface area contributed by atoms with Crippen LogP contribution in [0.5, 0.6) is 0 Å². The Labute approximate surface area is 42.2 Å². The predicted octanol–water partition coefficient (Wildman–Crippen LogP) is -1.37. The zero-order valence-electron chi connectivity index (χ0n) is 1.22. The summed E-state index contributed by atoms with van der Waals surface area (Å²) in [5.41, 5.74) is 0. The van der Waals surface area contributed by atoms with E-state index in [-0.39, 0.29) is 41.4 Å². The van der Waals surface area contributed by atoms with E-state index in [1.165, 1.54) is 0 Å². The van der Waals surface area contributed by atoms with Crippen molar-refractivity contribution in [2.75, 3.05) is 0 Å². The topological polar surface area (TPSA) is 0 Å². The molecular weight excluding hydrogens is 74.7 g/mol. The first-order chi connectivity index (χ1) is 0. The van der Waals surface area contributed by atoms with Gasteiger partial charge in [-0.3, -0.25) is 14.1 Å². The van der Waals surface area contributed by atoms with Crippen LogP contribution in [0.1, 0.15) is 0 Å². The van der Waals surface area contributed by atoms with Gasteiger partial charge in [0.2, 0.25) is 0 Å². The first kappa shape index (κ1) is 528. The Morgan fingerprint density at radius 1 is 0.600 bits per heavy atom. The van der Waals surface area contributed by atoms with Crippen LogP contribution in [0.3, 0.4) is 0 Å². The average Bonchev–Trinajstić information content (AvgIpc) is 0. The van der Waals surface area contributed by atoms with Gasteiger partial charge in [0, 0.05) is 0 Å². The van der Waals surface area contributed by atoms with Gasteiger partial charge in [0.25, 0.3) is 0 Å². The normalized spacial score (nSPS) is 0. The van der Waals surface area contributed by atoms with Crippen molar-refractivity contribution in [2.45, 2.75) is 0 Å². The molecular formula is H7BF3Li. The summed E-state index contributed by atoms with van der Waals surface area (Å²) in [6, 6.07) is 0. The van der Waals surface area contributed by atoms with Gasteiger partial charge in [0.15, 0.2) is 0 Å². The van der Waals surface area contributed by atoms with Gasteiger partial charge in [0.1, 0.15) is 0 Å². The summed E-state index contributed by atoms with van der Waals surface area (Å²) >= 11 is 0. The van der Waals surface area contributed by atoms with Crippen molar-refractivity contribution in [3.05, 3.63) is 0 Å². The van der Waals surface area contributed by atoms with Gasteiger partial charge < -0.3 is 0 Å². The molecule has 0 aliphatic heterocycles. The van der Waals surface area contributed by atoms with Crippen molar-refractivity contribution >= 4 is 27.3 Å². The number of halogens is 3. The molecule has 0 spiro atoms. The summed E-state index contributed by atoms with van der Waals surface area (Å²) in [4.78, 5) is 0. The van der Waals surface area contributed by atoms with E-state index in [2.05, 4.69) is 0 Å². The summed E-state index contributed by atoms with van der Waals surface area (Å²) in [6.07, 6.45) is 0. The van der Waals surface area contributed by atoms with E-state index in [1.54, 1.807) is 0 Å². The van der Waals surface area contributed by atoms with Crippen LogP contribution in [0, 0.1) is 0 Å². The van der Waals surface area contributed by atoms with Gasteiger partial charge in [-0.25, -0.2) is 0 Å². The van der Waals surface area contributed by atoms with Crippen molar-refractivity contribution in [1.29, 1.82) is 0 Å². The average molecular weight is 81.8 g/mol. The van der Waals surface area contributed by atoms with E-state index in [4.69, 9.17) is 0 Å². The first-order valence-electron chi connectivity index (χ1n) is 0. The molecule has 0 radical (unpaired) electrons. The maximum atomic E-state index is 0. The Balaban J connectivity index is 0. The van der Waals surface area contributed by atoms with E-state index in [1.807, 2.05) is 0 Å². The molecule has 0 rings (SSSR count). The van der Waals surface area contributed by atoms with Crippen LogP contribution in [0.25, 0.3) is 0 Å². The molecule has 0 bridgehead atoms. The van der Waals surface area contributed by atoms with Crippen LogP contribution in [0.4, 0.5) is 14.1 Å². The number of hydrogen-bond donors (Lipinski definition) is 0. The zero-order valence-corrected chi connectivity index (χ0v) is 1.22. The molecule has 0 saturated carbocycles. The molecule has 0 amide bonds. The molecule has 0 fully saturated rings. The minimum atomic E-state index is 0. The summed E-state index contributed by atoms with van der Waals surface area (Å²) in [7, 11) is 0. The van der Waals surface area contributed by atoms with Crippen molar-refractivity contribution < 1.29 is 14.1 Å². The Morgan fingerprint density at radius 3 is 0.600 bits per heavy atom. The Kier molecular flexibility index (Phi) is 27400. The standard InChI is InChI=1S/BH3.3FH.Li.H/h1H3;3*1H;;. The van der Waals surface area contributed by atoms with Crippen molar-refractivity contribution in [3.8, 4) is 0 Å². The van der Waals surface area contributed by atoms with Crippen molar-refractivity contribution in [3.63, 3.8) is 0 Å². The van der Waals surface area contributed by atoms with Crippen LogP contribution in [0.15, 0.2) is 0 Å². The van der Waals surface area contributed by atoms with Gasteiger partial charge in [-0.15, -0.1) is 0 Å². The third kappa shape index (κ3) is 131. The van der Waals surface area contributed by atoms with Crippen LogP contribution in [-0.2, 0) is 0 Å². The molecule has 0 heterocycles. The third-order valence-corrected chi connectivity index (χ3v) is 0. The van der Waals surface area contributed by atoms with Crippen LogP contribution < -0.4 is 0 Å². The molecule has 0 aliphatic carbocycles. The fraction of sp³-hybridized carbons (Fsp3) is 0. The summed E-state index contributed by atoms with van der Waals surface area (Å²) in [5, 5.41) is 0. The molecule has 0 aliphatic rings. The van der Waals surface area contributed by atoms with Gasteiger partial charge in [-0.1, -0.05) is 0 Å². The van der Waals surface area contributed by atoms with Gasteiger partial charge in [-0.05, 0) is 0 Å². The van der Waals surface area contributed by atoms with Gasteiger partial charge in [0.05, 0.1) is 8.41 Å². The Hall–Kier alpha value is 0.452. The zero-order chi connectivity index (χ0) is 0. The van der Waals surface area contributed by atoms with E-state index >= 15 is 0 Å². The van der Waals surface area contributed by atoms with Gasteiger partial charge >= 0.3 is 18.9 Å². The Bertz CT molecular complexity index is 6.85. The molecule has 0 nitrogen and oxygen atoms in total. The monoisotopic (exact) mass is 82.1 g/mol. The molecule has 0 aromatic heterocycles. The molecule has 0 aromatic carbocycles. The SMILES string of the molecule is B.F.F.F.[LiH]. The molecule has 0 aromatic rings. The van der Waals surface area contributed by atoms with E-state index in [9.17, 15) is 0 Å². The Morgan fingerprint density at radius 2 is 0.600 bits per heavy atom. The second kappa shape index (κ2) is 259. The van der Waals surface area contributed by atoms with Crippen molar-refractivity contribution in [1.82, 2.24) is 0 Å². The van der Waals surface area contributed by atoms with E-state index in [0.717, 1.165) is 0 Å². The van der Waals surface area contributed by atoms with Crippen molar-refractivity contribution in [2.24, 2.45) is 0 Å². The molecule has 32 valence electrons. The molecule has 0 unspecified atom stereocenters. The van der Waals surface area contributed by atoms with E-state index in [0.29, 0.717) is 0 Å². The second-order valence-corrected chi connectivity index (χ2v) is 0. The molecule has 5 heavy (non-hydrogen) atoms. The molecule has 0 N–H and O–H groups in total. The van der Waals surface area contributed by atoms with E-state index < -0.39 is 0 Å². The van der Waals surface area contributed by atoms with Crippen LogP contribution in [-0.4, -0.2) is 27.3 Å². The number of hydrogen-bond acceptors (Lipinski definition) is 0. The summed E-state index contributed by atoms with van der Waals surface area (Å²) in [5.74, 6) is 0. The predicted molar refractivity (Wildman–Crippen MR) is 24.6 cm³/mol. The molecule has 0 saturated heterocycles. The summed E-state index contributed by atoms with van der Waals surface area (Å²) < 4.78 is 0. The maximum absolute atomic E-state index is 0. The second-order valence-electron chi connectivity index (χ2n) is 0. The third-order valence-electron chi connectivity index (χ3n) is 0. The van der Waals surface area contributed by atoms with Gasteiger partial charge in [-0.2, -0.15) is 0 Å². The molecule has 5 heteroatoms. The van der Waals surface area contributed by atoms with Crippen LogP contribution >= 0.6 is 0 Å². The first-order valence-corrected chi connectivity index (χ1v) is 0. The fourth-order valence-corrected chi connectivity index (χ4v) is 0. The molecule has 0 atom stereocenters. The number of rotatable bonds is 0. The summed E-state index contributed by atoms with van der Waals surface area (Å²) in [6.45, 7) is 0. The van der Waals surface area contributed by atoms with Crippen LogP contribution in [0.2, 0.25) is 0 Å². The minimum absolute atomic E-state index is 0. The quantitative estimate of drug-likeness (QED) is 0.316.